The average molecular weight is 182 g/mol. The molecule has 1 heterocycles. The number of carbonyl (C=O) groups excluding carboxylic acids is 1. The molecule has 1 N–H and O–H groups in total. The predicted octanol–water partition coefficient (Wildman–Crippen LogP) is 0.771. The van der Waals surface area contributed by atoms with Crippen LogP contribution in [0.1, 0.15) is 20.8 Å². The molecule has 74 valence electrons. The van der Waals surface area contributed by atoms with Crippen molar-refractivity contribution >= 4 is 5.91 Å². The van der Waals surface area contributed by atoms with E-state index in [-0.39, 0.29) is 11.9 Å². The predicted molar refractivity (Wildman–Crippen MR) is 53.5 cm³/mol. The smallest absolute Gasteiger partial charge is 0.246 e. The van der Waals surface area contributed by atoms with E-state index in [0.29, 0.717) is 6.04 Å². The minimum Gasteiger partial charge on any atom is -0.334 e. The molecule has 1 fully saturated rings. The Labute approximate surface area is 79.8 Å². The van der Waals surface area contributed by atoms with E-state index in [1.54, 1.807) is 12.2 Å². The van der Waals surface area contributed by atoms with Crippen molar-refractivity contribution in [3.05, 3.63) is 12.2 Å². The summed E-state index contributed by atoms with van der Waals surface area (Å²) in [6, 6.07) is 0.681. The first-order valence-electron chi connectivity index (χ1n) is 4.83. The van der Waals surface area contributed by atoms with Crippen molar-refractivity contribution in [3.8, 4) is 0 Å². The summed E-state index contributed by atoms with van der Waals surface area (Å²) in [6.45, 7) is 7.77. The third kappa shape index (κ3) is 2.31. The Morgan fingerprint density at radius 2 is 2.23 bits per heavy atom. The van der Waals surface area contributed by atoms with Gasteiger partial charge in [-0.15, -0.1) is 0 Å². The highest BCUT2D eigenvalue weighted by molar-refractivity contribution is 5.87. The van der Waals surface area contributed by atoms with Crippen LogP contribution >= 0.6 is 0 Å². The molecule has 0 aliphatic carbocycles. The molecule has 0 saturated carbocycles. The maximum Gasteiger partial charge on any atom is 0.246 e. The zero-order valence-corrected chi connectivity index (χ0v) is 8.58. The SMILES string of the molecule is C/C=C/C(=O)N1CCNC(C)C1C. The number of nitrogens with zero attached hydrogens (tertiary/aromatic N) is 1. The summed E-state index contributed by atoms with van der Waals surface area (Å²) in [4.78, 5) is 13.5. The molecule has 0 radical (unpaired) electrons. The van der Waals surface area contributed by atoms with Gasteiger partial charge in [0, 0.05) is 25.2 Å². The van der Waals surface area contributed by atoms with Gasteiger partial charge in [0.15, 0.2) is 0 Å². The molecule has 2 unspecified atom stereocenters. The summed E-state index contributed by atoms with van der Waals surface area (Å²) < 4.78 is 0. The molecule has 2 atom stereocenters. The van der Waals surface area contributed by atoms with Crippen LogP contribution < -0.4 is 5.32 Å². The van der Waals surface area contributed by atoms with E-state index in [4.69, 9.17) is 0 Å². The van der Waals surface area contributed by atoms with Crippen molar-refractivity contribution < 1.29 is 4.79 Å². The highest BCUT2D eigenvalue weighted by atomic mass is 16.2. The number of hydrogen-bond acceptors (Lipinski definition) is 2. The number of amides is 1. The van der Waals surface area contributed by atoms with Crippen molar-refractivity contribution in [3.63, 3.8) is 0 Å². The Morgan fingerprint density at radius 1 is 1.54 bits per heavy atom. The Kier molecular flexibility index (Phi) is 3.48. The highest BCUT2D eigenvalue weighted by Crippen LogP contribution is 2.09. The van der Waals surface area contributed by atoms with Gasteiger partial charge in [-0.1, -0.05) is 6.08 Å². The largest absolute Gasteiger partial charge is 0.334 e. The van der Waals surface area contributed by atoms with Gasteiger partial charge in [0.2, 0.25) is 5.91 Å². The summed E-state index contributed by atoms with van der Waals surface area (Å²) in [6.07, 6.45) is 3.43. The molecule has 0 bridgehead atoms. The number of carbonyl (C=O) groups is 1. The maximum absolute atomic E-state index is 11.6. The lowest BCUT2D eigenvalue weighted by atomic mass is 10.1. The summed E-state index contributed by atoms with van der Waals surface area (Å²) in [5.74, 6) is 0.128. The molecule has 0 aromatic carbocycles. The molecule has 13 heavy (non-hydrogen) atoms. The van der Waals surface area contributed by atoms with Gasteiger partial charge in [0.05, 0.1) is 0 Å². The average Bonchev–Trinajstić information content (AvgIpc) is 2.10. The van der Waals surface area contributed by atoms with Crippen LogP contribution in [-0.4, -0.2) is 36.0 Å². The third-order valence-electron chi connectivity index (χ3n) is 2.63. The summed E-state index contributed by atoms with van der Waals surface area (Å²) in [7, 11) is 0. The lowest BCUT2D eigenvalue weighted by Crippen LogP contribution is -2.56. The van der Waals surface area contributed by atoms with Gasteiger partial charge in [-0.3, -0.25) is 4.79 Å². The van der Waals surface area contributed by atoms with Crippen LogP contribution in [0.25, 0.3) is 0 Å². The van der Waals surface area contributed by atoms with Crippen molar-refractivity contribution in [2.75, 3.05) is 13.1 Å². The van der Waals surface area contributed by atoms with Gasteiger partial charge >= 0.3 is 0 Å². The minimum atomic E-state index is 0.128. The van der Waals surface area contributed by atoms with Gasteiger partial charge < -0.3 is 10.2 Å². The molecule has 0 spiro atoms. The van der Waals surface area contributed by atoms with E-state index in [2.05, 4.69) is 19.2 Å². The standard InChI is InChI=1S/C10H18N2O/c1-4-5-10(13)12-7-6-11-8(2)9(12)3/h4-5,8-9,11H,6-7H2,1-3H3/b5-4+. The Morgan fingerprint density at radius 3 is 2.85 bits per heavy atom. The Hall–Kier alpha value is -0.830. The van der Waals surface area contributed by atoms with Crippen LogP contribution in [0.3, 0.4) is 0 Å². The van der Waals surface area contributed by atoms with Crippen molar-refractivity contribution in [2.45, 2.75) is 32.9 Å². The van der Waals surface area contributed by atoms with Gasteiger partial charge in [-0.05, 0) is 26.8 Å². The minimum absolute atomic E-state index is 0.128. The van der Waals surface area contributed by atoms with E-state index in [9.17, 15) is 4.79 Å². The van der Waals surface area contributed by atoms with E-state index in [1.807, 2.05) is 11.8 Å². The lowest BCUT2D eigenvalue weighted by Gasteiger charge is -2.38. The first-order chi connectivity index (χ1) is 6.16. The second kappa shape index (κ2) is 4.42. The van der Waals surface area contributed by atoms with Crippen molar-refractivity contribution in [1.29, 1.82) is 0 Å². The zero-order valence-electron chi connectivity index (χ0n) is 8.58. The number of nitrogens with one attached hydrogen (secondary N) is 1. The van der Waals surface area contributed by atoms with Crippen LogP contribution in [-0.2, 0) is 4.79 Å². The number of rotatable bonds is 1. The van der Waals surface area contributed by atoms with Crippen LogP contribution in [0, 0.1) is 0 Å². The maximum atomic E-state index is 11.6. The van der Waals surface area contributed by atoms with Crippen LogP contribution in [0.5, 0.6) is 0 Å². The molecule has 1 amide bonds. The van der Waals surface area contributed by atoms with Crippen molar-refractivity contribution in [2.24, 2.45) is 0 Å². The molecular formula is C10H18N2O. The second-order valence-electron chi connectivity index (χ2n) is 3.52. The number of piperazine rings is 1. The summed E-state index contributed by atoms with van der Waals surface area (Å²) in [5.41, 5.74) is 0. The van der Waals surface area contributed by atoms with Crippen LogP contribution in [0.4, 0.5) is 0 Å². The quantitative estimate of drug-likeness (QED) is 0.608. The molecule has 0 aromatic rings. The van der Waals surface area contributed by atoms with E-state index in [0.717, 1.165) is 13.1 Å². The van der Waals surface area contributed by atoms with Gasteiger partial charge in [0.25, 0.3) is 0 Å². The normalized spacial score (nSPS) is 29.6. The van der Waals surface area contributed by atoms with Gasteiger partial charge in [-0.25, -0.2) is 0 Å². The third-order valence-corrected chi connectivity index (χ3v) is 2.63. The van der Waals surface area contributed by atoms with Gasteiger partial charge in [-0.2, -0.15) is 0 Å². The topological polar surface area (TPSA) is 32.3 Å². The monoisotopic (exact) mass is 182 g/mol. The molecule has 1 rings (SSSR count). The van der Waals surface area contributed by atoms with E-state index in [1.165, 1.54) is 0 Å². The molecule has 0 aromatic heterocycles. The van der Waals surface area contributed by atoms with E-state index < -0.39 is 0 Å². The summed E-state index contributed by atoms with van der Waals surface area (Å²) >= 11 is 0. The molecular weight excluding hydrogens is 164 g/mol. The van der Waals surface area contributed by atoms with Crippen molar-refractivity contribution in [1.82, 2.24) is 10.2 Å². The number of hydrogen-bond donors (Lipinski definition) is 1. The fourth-order valence-corrected chi connectivity index (χ4v) is 1.61. The Balaban J connectivity index is 2.62. The van der Waals surface area contributed by atoms with Crippen LogP contribution in [0.15, 0.2) is 12.2 Å². The van der Waals surface area contributed by atoms with Crippen LogP contribution in [0.2, 0.25) is 0 Å². The number of allylic oxidation sites excluding steroid dienone is 1. The highest BCUT2D eigenvalue weighted by Gasteiger charge is 2.26. The first-order valence-corrected chi connectivity index (χ1v) is 4.83. The fourth-order valence-electron chi connectivity index (χ4n) is 1.61. The Bertz CT molecular complexity index is 213. The van der Waals surface area contributed by atoms with E-state index >= 15 is 0 Å². The molecule has 1 aliphatic heterocycles. The zero-order chi connectivity index (χ0) is 9.84. The molecule has 1 saturated heterocycles. The molecule has 3 nitrogen and oxygen atoms in total. The second-order valence-corrected chi connectivity index (χ2v) is 3.52. The molecule has 3 heteroatoms. The lowest BCUT2D eigenvalue weighted by molar-refractivity contribution is -0.129. The van der Waals surface area contributed by atoms with Gasteiger partial charge in [0.1, 0.15) is 0 Å². The molecule has 1 aliphatic rings. The fraction of sp³-hybridized carbons (Fsp3) is 0.700. The summed E-state index contributed by atoms with van der Waals surface area (Å²) in [5, 5.41) is 3.34. The first kappa shape index (κ1) is 10.3.